The summed E-state index contributed by atoms with van der Waals surface area (Å²) >= 11 is 0. The van der Waals surface area contributed by atoms with Crippen molar-refractivity contribution in [2.24, 2.45) is 0 Å². The predicted octanol–water partition coefficient (Wildman–Crippen LogP) is 2.80. The molecule has 1 unspecified atom stereocenters. The summed E-state index contributed by atoms with van der Waals surface area (Å²) in [5, 5.41) is 12.0. The lowest BCUT2D eigenvalue weighted by Gasteiger charge is -2.16. The molecule has 0 aliphatic rings. The Bertz CT molecular complexity index is 646. The van der Waals surface area contributed by atoms with Crippen LogP contribution in [0.2, 0.25) is 0 Å². The van der Waals surface area contributed by atoms with Crippen LogP contribution in [0.25, 0.3) is 0 Å². The van der Waals surface area contributed by atoms with Crippen LogP contribution in [-0.4, -0.2) is 21.0 Å². The molecular weight excluding hydrogens is 261 g/mol. The lowest BCUT2D eigenvalue weighted by Crippen LogP contribution is -2.13. The van der Waals surface area contributed by atoms with Gasteiger partial charge in [0.15, 0.2) is 11.5 Å². The Morgan fingerprint density at radius 3 is 2.70 bits per heavy atom. The van der Waals surface area contributed by atoms with Crippen LogP contribution in [-0.2, 0) is 0 Å². The van der Waals surface area contributed by atoms with Crippen molar-refractivity contribution < 1.29 is 14.3 Å². The fraction of sp³-hybridized carbons (Fsp3) is 0.214. The molecule has 1 aromatic carbocycles. The Kier molecular flexibility index (Phi) is 3.93. The summed E-state index contributed by atoms with van der Waals surface area (Å²) in [4.78, 5) is 18.8. The molecule has 0 aliphatic carbocycles. The molecule has 0 saturated heterocycles. The van der Waals surface area contributed by atoms with Gasteiger partial charge in [-0.1, -0.05) is 12.1 Å². The van der Waals surface area contributed by atoms with Gasteiger partial charge in [0, 0.05) is 12.4 Å². The number of hydrogen-bond donors (Lipinski definition) is 2. The number of halogens is 1. The zero-order chi connectivity index (χ0) is 14.7. The molecule has 6 heteroatoms. The number of aryl methyl sites for hydroxylation is 1. The summed E-state index contributed by atoms with van der Waals surface area (Å²) in [7, 11) is 0. The normalized spacial score (nSPS) is 11.9. The monoisotopic (exact) mass is 275 g/mol. The van der Waals surface area contributed by atoms with E-state index >= 15 is 0 Å². The Hall–Kier alpha value is -2.50. The van der Waals surface area contributed by atoms with E-state index in [-0.39, 0.29) is 23.4 Å². The maximum absolute atomic E-state index is 13.5. The first kappa shape index (κ1) is 13.9. The van der Waals surface area contributed by atoms with Crippen LogP contribution >= 0.6 is 0 Å². The third-order valence-corrected chi connectivity index (χ3v) is 2.95. The van der Waals surface area contributed by atoms with Gasteiger partial charge in [0.1, 0.15) is 5.82 Å². The van der Waals surface area contributed by atoms with Gasteiger partial charge in [-0.2, -0.15) is 0 Å². The van der Waals surface area contributed by atoms with Crippen molar-refractivity contribution in [1.29, 1.82) is 0 Å². The van der Waals surface area contributed by atoms with Gasteiger partial charge >= 0.3 is 5.97 Å². The van der Waals surface area contributed by atoms with Crippen molar-refractivity contribution >= 4 is 11.8 Å². The number of aromatic carboxylic acids is 1. The van der Waals surface area contributed by atoms with Crippen LogP contribution in [0.15, 0.2) is 30.6 Å². The third kappa shape index (κ3) is 2.90. The first-order valence-electron chi connectivity index (χ1n) is 6.06. The van der Waals surface area contributed by atoms with E-state index < -0.39 is 5.97 Å². The van der Waals surface area contributed by atoms with Gasteiger partial charge in [-0.05, 0) is 31.0 Å². The van der Waals surface area contributed by atoms with Crippen molar-refractivity contribution in [3.63, 3.8) is 0 Å². The Labute approximate surface area is 115 Å². The SMILES string of the molecule is Cc1ccc(C(C)Nc2nccnc2C(=O)O)cc1F. The van der Waals surface area contributed by atoms with Crippen molar-refractivity contribution in [3.8, 4) is 0 Å². The summed E-state index contributed by atoms with van der Waals surface area (Å²) in [6, 6.07) is 4.59. The number of carbonyl (C=O) groups is 1. The standard InChI is InChI=1S/C14H14FN3O2/c1-8-3-4-10(7-11(8)15)9(2)18-13-12(14(19)20)16-5-6-17-13/h3-7,9H,1-2H3,(H,17,18)(H,19,20). The minimum atomic E-state index is -1.16. The zero-order valence-corrected chi connectivity index (χ0v) is 11.1. The lowest BCUT2D eigenvalue weighted by molar-refractivity contribution is 0.0691. The number of hydrogen-bond acceptors (Lipinski definition) is 4. The number of benzene rings is 1. The highest BCUT2D eigenvalue weighted by atomic mass is 19.1. The van der Waals surface area contributed by atoms with E-state index in [2.05, 4.69) is 15.3 Å². The van der Waals surface area contributed by atoms with Crippen molar-refractivity contribution in [3.05, 3.63) is 53.2 Å². The van der Waals surface area contributed by atoms with E-state index in [0.29, 0.717) is 11.1 Å². The average molecular weight is 275 g/mol. The Balaban J connectivity index is 2.25. The second kappa shape index (κ2) is 5.64. The molecule has 0 saturated carbocycles. The number of rotatable bonds is 4. The molecule has 0 bridgehead atoms. The van der Waals surface area contributed by atoms with Crippen LogP contribution in [0.1, 0.15) is 34.6 Å². The predicted molar refractivity (Wildman–Crippen MR) is 72.2 cm³/mol. The molecule has 0 spiro atoms. The fourth-order valence-corrected chi connectivity index (χ4v) is 1.77. The van der Waals surface area contributed by atoms with Crippen LogP contribution in [0.3, 0.4) is 0 Å². The maximum atomic E-state index is 13.5. The molecule has 0 radical (unpaired) electrons. The van der Waals surface area contributed by atoms with Crippen LogP contribution in [0.4, 0.5) is 10.2 Å². The highest BCUT2D eigenvalue weighted by Crippen LogP contribution is 2.21. The average Bonchev–Trinajstić information content (AvgIpc) is 2.42. The van der Waals surface area contributed by atoms with Gasteiger partial charge in [0.25, 0.3) is 0 Å². The number of aromatic nitrogens is 2. The summed E-state index contributed by atoms with van der Waals surface area (Å²) in [6.07, 6.45) is 2.71. The highest BCUT2D eigenvalue weighted by Gasteiger charge is 2.15. The summed E-state index contributed by atoms with van der Waals surface area (Å²) in [5.41, 5.74) is 1.11. The van der Waals surface area contributed by atoms with E-state index in [9.17, 15) is 9.18 Å². The van der Waals surface area contributed by atoms with Gasteiger partial charge in [0.2, 0.25) is 0 Å². The van der Waals surface area contributed by atoms with Crippen molar-refractivity contribution in [2.75, 3.05) is 5.32 Å². The van der Waals surface area contributed by atoms with Crippen molar-refractivity contribution in [2.45, 2.75) is 19.9 Å². The number of nitrogens with one attached hydrogen (secondary N) is 1. The molecule has 0 amide bonds. The van der Waals surface area contributed by atoms with Gasteiger partial charge in [-0.3, -0.25) is 0 Å². The molecule has 1 aromatic heterocycles. The van der Waals surface area contributed by atoms with E-state index in [1.165, 1.54) is 18.5 Å². The first-order valence-corrected chi connectivity index (χ1v) is 6.06. The lowest BCUT2D eigenvalue weighted by atomic mass is 10.1. The fourth-order valence-electron chi connectivity index (χ4n) is 1.77. The molecule has 104 valence electrons. The first-order chi connectivity index (χ1) is 9.49. The van der Waals surface area contributed by atoms with E-state index in [1.807, 2.05) is 0 Å². The number of carboxylic acid groups (broad SMARTS) is 1. The van der Waals surface area contributed by atoms with Crippen molar-refractivity contribution in [1.82, 2.24) is 9.97 Å². The van der Waals surface area contributed by atoms with Crippen LogP contribution in [0.5, 0.6) is 0 Å². The molecule has 1 atom stereocenters. The number of carboxylic acids is 1. The zero-order valence-electron chi connectivity index (χ0n) is 11.1. The summed E-state index contributed by atoms with van der Waals surface area (Å²) < 4.78 is 13.5. The highest BCUT2D eigenvalue weighted by molar-refractivity contribution is 5.90. The molecule has 2 N–H and O–H groups in total. The van der Waals surface area contributed by atoms with E-state index in [0.717, 1.165) is 0 Å². The summed E-state index contributed by atoms with van der Waals surface area (Å²) in [5.74, 6) is -1.30. The number of anilines is 1. The quantitative estimate of drug-likeness (QED) is 0.897. The maximum Gasteiger partial charge on any atom is 0.358 e. The van der Waals surface area contributed by atoms with Gasteiger partial charge in [0.05, 0.1) is 6.04 Å². The molecule has 0 aliphatic heterocycles. The van der Waals surface area contributed by atoms with E-state index in [1.54, 1.807) is 26.0 Å². The molecule has 20 heavy (non-hydrogen) atoms. The minimum absolute atomic E-state index is 0.160. The molecule has 2 rings (SSSR count). The third-order valence-electron chi connectivity index (χ3n) is 2.95. The summed E-state index contributed by atoms with van der Waals surface area (Å²) in [6.45, 7) is 3.48. The largest absolute Gasteiger partial charge is 0.476 e. The minimum Gasteiger partial charge on any atom is -0.476 e. The molecular formula is C14H14FN3O2. The molecule has 5 nitrogen and oxygen atoms in total. The molecule has 1 heterocycles. The van der Waals surface area contributed by atoms with Crippen LogP contribution in [0, 0.1) is 12.7 Å². The Morgan fingerprint density at radius 1 is 1.35 bits per heavy atom. The second-order valence-electron chi connectivity index (χ2n) is 4.43. The topological polar surface area (TPSA) is 75.1 Å². The molecule has 2 aromatic rings. The van der Waals surface area contributed by atoms with Crippen LogP contribution < -0.4 is 5.32 Å². The second-order valence-corrected chi connectivity index (χ2v) is 4.43. The smallest absolute Gasteiger partial charge is 0.358 e. The Morgan fingerprint density at radius 2 is 2.05 bits per heavy atom. The van der Waals surface area contributed by atoms with Gasteiger partial charge in [-0.15, -0.1) is 0 Å². The van der Waals surface area contributed by atoms with Gasteiger partial charge in [-0.25, -0.2) is 19.2 Å². The van der Waals surface area contributed by atoms with Gasteiger partial charge < -0.3 is 10.4 Å². The number of nitrogens with zero attached hydrogens (tertiary/aromatic N) is 2. The molecule has 0 fully saturated rings. The van der Waals surface area contributed by atoms with E-state index in [4.69, 9.17) is 5.11 Å².